The van der Waals surface area contributed by atoms with E-state index < -0.39 is 12.1 Å². The topological polar surface area (TPSA) is 70.7 Å². The zero-order chi connectivity index (χ0) is 16.2. The minimum absolute atomic E-state index is 0.110. The zero-order valence-electron chi connectivity index (χ0n) is 12.7. The standard InChI is InChI=1S/C17H17N3O3/c1-23-14-9-7-12(8-10-14)18-17(22)19-15-11-20(16(15)21)13-5-3-2-4-6-13/h2-10,15H,11H2,1H3,(H2,18,19,22)/t15-/m1/s1. The third-order valence-corrected chi connectivity index (χ3v) is 3.65. The first-order chi connectivity index (χ1) is 11.2. The summed E-state index contributed by atoms with van der Waals surface area (Å²) in [6.07, 6.45) is 0. The maximum absolute atomic E-state index is 12.1. The van der Waals surface area contributed by atoms with E-state index in [1.807, 2.05) is 30.3 Å². The van der Waals surface area contributed by atoms with Crippen LogP contribution in [0.4, 0.5) is 16.2 Å². The number of β-lactam (4-membered cyclic amide) rings is 1. The van der Waals surface area contributed by atoms with Gasteiger partial charge in [-0.15, -0.1) is 0 Å². The van der Waals surface area contributed by atoms with E-state index >= 15 is 0 Å². The zero-order valence-corrected chi connectivity index (χ0v) is 12.7. The van der Waals surface area contributed by atoms with Gasteiger partial charge >= 0.3 is 6.03 Å². The molecule has 1 saturated heterocycles. The first-order valence-corrected chi connectivity index (χ1v) is 7.25. The molecule has 23 heavy (non-hydrogen) atoms. The lowest BCUT2D eigenvalue weighted by Crippen LogP contribution is -2.64. The van der Waals surface area contributed by atoms with Crippen LogP contribution in [0.1, 0.15) is 0 Å². The number of rotatable bonds is 4. The lowest BCUT2D eigenvalue weighted by Gasteiger charge is -2.38. The molecule has 1 atom stereocenters. The fourth-order valence-corrected chi connectivity index (χ4v) is 2.37. The average molecular weight is 311 g/mol. The van der Waals surface area contributed by atoms with Crippen LogP contribution in [0.15, 0.2) is 54.6 Å². The van der Waals surface area contributed by atoms with Gasteiger partial charge in [0.25, 0.3) is 5.91 Å². The summed E-state index contributed by atoms with van der Waals surface area (Å²) in [7, 11) is 1.58. The Morgan fingerprint density at radius 1 is 1.13 bits per heavy atom. The monoisotopic (exact) mass is 311 g/mol. The van der Waals surface area contributed by atoms with E-state index in [2.05, 4.69) is 10.6 Å². The number of urea groups is 1. The molecule has 0 bridgehead atoms. The first kappa shape index (κ1) is 14.9. The highest BCUT2D eigenvalue weighted by Crippen LogP contribution is 2.21. The summed E-state index contributed by atoms with van der Waals surface area (Å²) < 4.78 is 5.05. The Kier molecular flexibility index (Phi) is 4.14. The summed E-state index contributed by atoms with van der Waals surface area (Å²) in [5, 5.41) is 5.36. The van der Waals surface area contributed by atoms with Crippen molar-refractivity contribution in [2.45, 2.75) is 6.04 Å². The quantitative estimate of drug-likeness (QED) is 0.851. The van der Waals surface area contributed by atoms with Crippen molar-refractivity contribution >= 4 is 23.3 Å². The smallest absolute Gasteiger partial charge is 0.319 e. The summed E-state index contributed by atoms with van der Waals surface area (Å²) in [6.45, 7) is 0.471. The van der Waals surface area contributed by atoms with Crippen molar-refractivity contribution in [1.29, 1.82) is 0 Å². The predicted molar refractivity (Wildman–Crippen MR) is 87.7 cm³/mol. The number of hydrogen-bond donors (Lipinski definition) is 2. The lowest BCUT2D eigenvalue weighted by atomic mass is 10.1. The van der Waals surface area contributed by atoms with Gasteiger partial charge in [0, 0.05) is 11.4 Å². The molecule has 0 saturated carbocycles. The number of nitrogens with one attached hydrogen (secondary N) is 2. The highest BCUT2D eigenvalue weighted by Gasteiger charge is 2.38. The van der Waals surface area contributed by atoms with Gasteiger partial charge in [-0.1, -0.05) is 18.2 Å². The molecule has 0 radical (unpaired) electrons. The molecule has 1 aliphatic heterocycles. The van der Waals surface area contributed by atoms with Gasteiger partial charge in [0.05, 0.1) is 13.7 Å². The number of amides is 3. The summed E-state index contributed by atoms with van der Waals surface area (Å²) in [4.78, 5) is 25.7. The van der Waals surface area contributed by atoms with Crippen LogP contribution in [0.2, 0.25) is 0 Å². The van der Waals surface area contributed by atoms with Crippen molar-refractivity contribution in [1.82, 2.24) is 5.32 Å². The molecule has 3 rings (SSSR count). The molecule has 2 aromatic rings. The van der Waals surface area contributed by atoms with E-state index in [1.165, 1.54) is 0 Å². The molecule has 2 aromatic carbocycles. The van der Waals surface area contributed by atoms with E-state index in [0.29, 0.717) is 18.0 Å². The van der Waals surface area contributed by atoms with Crippen LogP contribution in [-0.4, -0.2) is 31.6 Å². The second-order valence-corrected chi connectivity index (χ2v) is 5.16. The van der Waals surface area contributed by atoms with E-state index in [9.17, 15) is 9.59 Å². The number of ether oxygens (including phenoxy) is 1. The van der Waals surface area contributed by atoms with Crippen molar-refractivity contribution < 1.29 is 14.3 Å². The van der Waals surface area contributed by atoms with Gasteiger partial charge in [-0.05, 0) is 36.4 Å². The van der Waals surface area contributed by atoms with Gasteiger partial charge in [0.15, 0.2) is 0 Å². The highest BCUT2D eigenvalue weighted by atomic mass is 16.5. The Bertz CT molecular complexity index is 701. The molecule has 6 nitrogen and oxygen atoms in total. The minimum atomic E-state index is -0.492. The summed E-state index contributed by atoms with van der Waals surface area (Å²) >= 11 is 0. The van der Waals surface area contributed by atoms with E-state index in [0.717, 1.165) is 5.69 Å². The fourth-order valence-electron chi connectivity index (χ4n) is 2.37. The number of nitrogens with zero attached hydrogens (tertiary/aromatic N) is 1. The molecule has 0 aliphatic carbocycles. The Morgan fingerprint density at radius 3 is 2.43 bits per heavy atom. The van der Waals surface area contributed by atoms with Crippen LogP contribution < -0.4 is 20.3 Å². The number of anilines is 2. The fraction of sp³-hybridized carbons (Fsp3) is 0.176. The van der Waals surface area contributed by atoms with Crippen LogP contribution in [0.5, 0.6) is 5.75 Å². The molecular formula is C17H17N3O3. The summed E-state index contributed by atoms with van der Waals surface area (Å²) in [5.41, 5.74) is 1.47. The Morgan fingerprint density at radius 2 is 1.83 bits per heavy atom. The van der Waals surface area contributed by atoms with Crippen LogP contribution >= 0.6 is 0 Å². The molecule has 6 heteroatoms. The normalized spacial score (nSPS) is 16.5. The van der Waals surface area contributed by atoms with Crippen LogP contribution in [0.3, 0.4) is 0 Å². The van der Waals surface area contributed by atoms with Crippen LogP contribution in [0, 0.1) is 0 Å². The number of carbonyl (C=O) groups is 2. The van der Waals surface area contributed by atoms with Gasteiger partial charge in [-0.3, -0.25) is 4.79 Å². The maximum atomic E-state index is 12.1. The number of methoxy groups -OCH3 is 1. The Hall–Kier alpha value is -3.02. The average Bonchev–Trinajstić information content (AvgIpc) is 2.59. The van der Waals surface area contributed by atoms with Gasteiger partial charge in [0.2, 0.25) is 0 Å². The van der Waals surface area contributed by atoms with Gasteiger partial charge in [-0.2, -0.15) is 0 Å². The molecule has 3 amide bonds. The minimum Gasteiger partial charge on any atom is -0.497 e. The first-order valence-electron chi connectivity index (χ1n) is 7.25. The summed E-state index contributed by atoms with van der Waals surface area (Å²) in [6, 6.07) is 15.5. The molecule has 0 spiro atoms. The van der Waals surface area contributed by atoms with E-state index in [4.69, 9.17) is 4.74 Å². The maximum Gasteiger partial charge on any atom is 0.319 e. The molecule has 1 aliphatic rings. The molecule has 118 valence electrons. The highest BCUT2D eigenvalue weighted by molar-refractivity contribution is 6.06. The molecule has 1 fully saturated rings. The largest absolute Gasteiger partial charge is 0.497 e. The molecule has 2 N–H and O–H groups in total. The predicted octanol–water partition coefficient (Wildman–Crippen LogP) is 2.23. The van der Waals surface area contributed by atoms with Crippen molar-refractivity contribution in [2.75, 3.05) is 23.9 Å². The van der Waals surface area contributed by atoms with Gasteiger partial charge < -0.3 is 20.3 Å². The van der Waals surface area contributed by atoms with Crippen molar-refractivity contribution in [3.63, 3.8) is 0 Å². The third kappa shape index (κ3) is 3.26. The number of benzene rings is 2. The summed E-state index contributed by atoms with van der Waals surface area (Å²) in [5.74, 6) is 0.602. The van der Waals surface area contributed by atoms with E-state index in [-0.39, 0.29) is 5.91 Å². The van der Waals surface area contributed by atoms with Crippen LogP contribution in [-0.2, 0) is 4.79 Å². The number of para-hydroxylation sites is 1. The van der Waals surface area contributed by atoms with Crippen molar-refractivity contribution in [2.24, 2.45) is 0 Å². The molecule has 1 heterocycles. The molecule has 0 aromatic heterocycles. The van der Waals surface area contributed by atoms with Gasteiger partial charge in [0.1, 0.15) is 11.8 Å². The van der Waals surface area contributed by atoms with E-state index in [1.54, 1.807) is 36.3 Å². The molecular weight excluding hydrogens is 294 g/mol. The van der Waals surface area contributed by atoms with Crippen molar-refractivity contribution in [3.05, 3.63) is 54.6 Å². The van der Waals surface area contributed by atoms with Crippen molar-refractivity contribution in [3.8, 4) is 5.75 Å². The molecule has 0 unspecified atom stereocenters. The Labute approximate surface area is 134 Å². The van der Waals surface area contributed by atoms with Gasteiger partial charge in [-0.25, -0.2) is 4.79 Å². The third-order valence-electron chi connectivity index (χ3n) is 3.65. The number of carbonyl (C=O) groups excluding carboxylic acids is 2. The van der Waals surface area contributed by atoms with Crippen LogP contribution in [0.25, 0.3) is 0 Å². The second-order valence-electron chi connectivity index (χ2n) is 5.16. The SMILES string of the molecule is COc1ccc(NC(=O)N[C@@H]2CN(c3ccccc3)C2=O)cc1. The Balaban J connectivity index is 1.52. The number of hydrogen-bond acceptors (Lipinski definition) is 3. The lowest BCUT2D eigenvalue weighted by molar-refractivity contribution is -0.124. The second kappa shape index (κ2) is 6.39.